The normalized spacial score (nSPS) is 21.8. The summed E-state index contributed by atoms with van der Waals surface area (Å²) in [6, 6.07) is 3.72. The summed E-state index contributed by atoms with van der Waals surface area (Å²) in [7, 11) is 0. The third-order valence-corrected chi connectivity index (χ3v) is 5.38. The van der Waals surface area contributed by atoms with Crippen LogP contribution in [0.1, 0.15) is 49.0 Å². The number of rotatable bonds is 1. The number of hydrogen-bond acceptors (Lipinski definition) is 2. The molecule has 1 aromatic rings. The zero-order valence-electron chi connectivity index (χ0n) is 11.1. The SMILES string of the molecule is O=C(c1ncccc1Br)N1CCC2(CCCC2)CC1. The van der Waals surface area contributed by atoms with Gasteiger partial charge in [0.25, 0.3) is 5.91 Å². The molecule has 1 saturated heterocycles. The Labute approximate surface area is 122 Å². The maximum absolute atomic E-state index is 12.5. The summed E-state index contributed by atoms with van der Waals surface area (Å²) in [6.07, 6.45) is 9.50. The highest BCUT2D eigenvalue weighted by atomic mass is 79.9. The molecule has 1 aliphatic carbocycles. The molecule has 0 aromatic carbocycles. The van der Waals surface area contributed by atoms with E-state index in [-0.39, 0.29) is 5.91 Å². The van der Waals surface area contributed by atoms with E-state index in [0.717, 1.165) is 17.6 Å². The predicted octanol–water partition coefficient (Wildman–Crippen LogP) is 3.64. The van der Waals surface area contributed by atoms with Crippen LogP contribution in [0.25, 0.3) is 0 Å². The van der Waals surface area contributed by atoms with Crippen LogP contribution in [0.5, 0.6) is 0 Å². The van der Waals surface area contributed by atoms with Crippen LogP contribution >= 0.6 is 15.9 Å². The smallest absolute Gasteiger partial charge is 0.273 e. The Bertz CT molecular complexity index is 473. The highest BCUT2D eigenvalue weighted by Gasteiger charge is 2.38. The molecule has 3 rings (SSSR count). The number of carbonyl (C=O) groups excluding carboxylic acids is 1. The van der Waals surface area contributed by atoms with E-state index >= 15 is 0 Å². The Hall–Kier alpha value is -0.900. The molecule has 1 aromatic heterocycles. The molecule has 3 nitrogen and oxygen atoms in total. The Balaban J connectivity index is 1.68. The van der Waals surface area contributed by atoms with Gasteiger partial charge in [0, 0.05) is 23.8 Å². The van der Waals surface area contributed by atoms with Gasteiger partial charge in [-0.1, -0.05) is 12.8 Å². The fourth-order valence-electron chi connectivity index (χ4n) is 3.50. The van der Waals surface area contributed by atoms with Gasteiger partial charge in [0.1, 0.15) is 5.69 Å². The first-order chi connectivity index (χ1) is 9.20. The Morgan fingerprint density at radius 3 is 2.53 bits per heavy atom. The largest absolute Gasteiger partial charge is 0.337 e. The van der Waals surface area contributed by atoms with E-state index in [1.165, 1.54) is 38.5 Å². The van der Waals surface area contributed by atoms with E-state index in [4.69, 9.17) is 0 Å². The predicted molar refractivity (Wildman–Crippen MR) is 78.0 cm³/mol. The monoisotopic (exact) mass is 322 g/mol. The molecule has 102 valence electrons. The Morgan fingerprint density at radius 2 is 1.89 bits per heavy atom. The van der Waals surface area contributed by atoms with E-state index in [9.17, 15) is 4.79 Å². The molecule has 1 saturated carbocycles. The van der Waals surface area contributed by atoms with Gasteiger partial charge < -0.3 is 4.90 Å². The second-order valence-corrected chi connectivity index (χ2v) is 6.69. The van der Waals surface area contributed by atoms with Crippen molar-refractivity contribution in [1.29, 1.82) is 0 Å². The van der Waals surface area contributed by atoms with Gasteiger partial charge in [0.05, 0.1) is 0 Å². The van der Waals surface area contributed by atoms with Gasteiger partial charge in [-0.05, 0) is 59.2 Å². The number of aromatic nitrogens is 1. The zero-order chi connectivity index (χ0) is 13.3. The van der Waals surface area contributed by atoms with Crippen molar-refractivity contribution >= 4 is 21.8 Å². The number of likely N-dealkylation sites (tertiary alicyclic amines) is 1. The first-order valence-electron chi connectivity index (χ1n) is 7.10. The molecule has 2 heterocycles. The lowest BCUT2D eigenvalue weighted by Gasteiger charge is -2.39. The van der Waals surface area contributed by atoms with Crippen molar-refractivity contribution in [3.8, 4) is 0 Å². The van der Waals surface area contributed by atoms with Crippen molar-refractivity contribution in [2.24, 2.45) is 5.41 Å². The number of halogens is 1. The zero-order valence-corrected chi connectivity index (χ0v) is 12.7. The number of hydrogen-bond donors (Lipinski definition) is 0. The second-order valence-electron chi connectivity index (χ2n) is 5.83. The Morgan fingerprint density at radius 1 is 1.21 bits per heavy atom. The van der Waals surface area contributed by atoms with Crippen LogP contribution in [0, 0.1) is 5.41 Å². The topological polar surface area (TPSA) is 33.2 Å². The lowest BCUT2D eigenvalue weighted by Crippen LogP contribution is -2.42. The molecule has 2 aliphatic rings. The molecule has 4 heteroatoms. The average molecular weight is 323 g/mol. The fourth-order valence-corrected chi connectivity index (χ4v) is 3.93. The molecule has 0 bridgehead atoms. The molecule has 2 fully saturated rings. The minimum absolute atomic E-state index is 0.0697. The van der Waals surface area contributed by atoms with Crippen LogP contribution in [0.2, 0.25) is 0 Å². The second kappa shape index (κ2) is 5.23. The summed E-state index contributed by atoms with van der Waals surface area (Å²) < 4.78 is 0.793. The Kier molecular flexibility index (Phi) is 3.61. The van der Waals surface area contributed by atoms with Gasteiger partial charge >= 0.3 is 0 Å². The highest BCUT2D eigenvalue weighted by Crippen LogP contribution is 2.46. The van der Waals surface area contributed by atoms with Crippen molar-refractivity contribution in [3.63, 3.8) is 0 Å². The molecule has 19 heavy (non-hydrogen) atoms. The number of nitrogens with zero attached hydrogens (tertiary/aromatic N) is 2. The van der Waals surface area contributed by atoms with Crippen LogP contribution < -0.4 is 0 Å². The average Bonchev–Trinajstić information content (AvgIpc) is 2.88. The van der Waals surface area contributed by atoms with Crippen LogP contribution in [0.4, 0.5) is 0 Å². The van der Waals surface area contributed by atoms with E-state index in [0.29, 0.717) is 11.1 Å². The first-order valence-corrected chi connectivity index (χ1v) is 7.89. The van der Waals surface area contributed by atoms with Gasteiger partial charge in [0.15, 0.2) is 0 Å². The quantitative estimate of drug-likeness (QED) is 0.790. The summed E-state index contributed by atoms with van der Waals surface area (Å²) in [5.74, 6) is 0.0697. The molecule has 0 atom stereocenters. The van der Waals surface area contributed by atoms with E-state index in [1.54, 1.807) is 6.20 Å². The summed E-state index contributed by atoms with van der Waals surface area (Å²) >= 11 is 3.41. The van der Waals surface area contributed by atoms with Crippen molar-refractivity contribution in [2.75, 3.05) is 13.1 Å². The minimum Gasteiger partial charge on any atom is -0.337 e. The van der Waals surface area contributed by atoms with Crippen LogP contribution in [0.3, 0.4) is 0 Å². The van der Waals surface area contributed by atoms with Gasteiger partial charge in [-0.3, -0.25) is 4.79 Å². The minimum atomic E-state index is 0.0697. The molecule has 1 spiro atoms. The summed E-state index contributed by atoms with van der Waals surface area (Å²) in [5.41, 5.74) is 1.10. The van der Waals surface area contributed by atoms with Crippen molar-refractivity contribution in [1.82, 2.24) is 9.88 Å². The lowest BCUT2D eigenvalue weighted by molar-refractivity contribution is 0.0581. The molecule has 1 amide bonds. The van der Waals surface area contributed by atoms with Crippen molar-refractivity contribution in [2.45, 2.75) is 38.5 Å². The third-order valence-electron chi connectivity index (χ3n) is 4.74. The highest BCUT2D eigenvalue weighted by molar-refractivity contribution is 9.10. The lowest BCUT2D eigenvalue weighted by atomic mass is 9.77. The summed E-state index contributed by atoms with van der Waals surface area (Å²) in [4.78, 5) is 18.6. The van der Waals surface area contributed by atoms with E-state index in [2.05, 4.69) is 20.9 Å². The third kappa shape index (κ3) is 2.55. The van der Waals surface area contributed by atoms with Crippen LogP contribution in [-0.4, -0.2) is 28.9 Å². The standard InChI is InChI=1S/C15H19BrN2O/c16-12-4-3-9-17-13(12)14(19)18-10-7-15(8-11-18)5-1-2-6-15/h3-4,9H,1-2,5-8,10-11H2. The maximum atomic E-state index is 12.5. The molecule has 1 aliphatic heterocycles. The molecule has 0 radical (unpaired) electrons. The molecular weight excluding hydrogens is 304 g/mol. The van der Waals surface area contributed by atoms with Gasteiger partial charge in [-0.25, -0.2) is 4.98 Å². The van der Waals surface area contributed by atoms with E-state index < -0.39 is 0 Å². The van der Waals surface area contributed by atoms with Crippen LogP contribution in [0.15, 0.2) is 22.8 Å². The first kappa shape index (κ1) is 13.1. The van der Waals surface area contributed by atoms with E-state index in [1.807, 2.05) is 17.0 Å². The summed E-state index contributed by atoms with van der Waals surface area (Å²) in [5, 5.41) is 0. The molecule has 0 N–H and O–H groups in total. The molecule has 0 unspecified atom stereocenters. The maximum Gasteiger partial charge on any atom is 0.273 e. The van der Waals surface area contributed by atoms with Gasteiger partial charge in [0.2, 0.25) is 0 Å². The number of piperidine rings is 1. The van der Waals surface area contributed by atoms with Crippen molar-refractivity contribution in [3.05, 3.63) is 28.5 Å². The van der Waals surface area contributed by atoms with Crippen molar-refractivity contribution < 1.29 is 4.79 Å². The fraction of sp³-hybridized carbons (Fsp3) is 0.600. The number of pyridine rings is 1. The number of carbonyl (C=O) groups is 1. The molecular formula is C15H19BrN2O. The van der Waals surface area contributed by atoms with Gasteiger partial charge in [-0.2, -0.15) is 0 Å². The summed E-state index contributed by atoms with van der Waals surface area (Å²) in [6.45, 7) is 1.78. The van der Waals surface area contributed by atoms with Crippen LogP contribution in [-0.2, 0) is 0 Å². The number of amides is 1. The van der Waals surface area contributed by atoms with Gasteiger partial charge in [-0.15, -0.1) is 0 Å².